The first-order valence-electron chi connectivity index (χ1n) is 6.02. The highest BCUT2D eigenvalue weighted by Crippen LogP contribution is 2.41. The number of imide groups is 1. The van der Waals surface area contributed by atoms with Gasteiger partial charge in [-0.25, -0.2) is 4.90 Å². The van der Waals surface area contributed by atoms with Crippen molar-refractivity contribution in [3.63, 3.8) is 0 Å². The lowest BCUT2D eigenvalue weighted by atomic mass is 10.2. The van der Waals surface area contributed by atoms with Crippen LogP contribution in [0.25, 0.3) is 0 Å². The molecule has 1 atom stereocenters. The molecule has 3 rings (SSSR count). The van der Waals surface area contributed by atoms with Gasteiger partial charge in [-0.1, -0.05) is 0 Å². The summed E-state index contributed by atoms with van der Waals surface area (Å²) in [6.45, 7) is 3.57. The molecule has 6 nitrogen and oxygen atoms in total. The fourth-order valence-electron chi connectivity index (χ4n) is 2.28. The summed E-state index contributed by atoms with van der Waals surface area (Å²) in [5, 5.41) is 0. The first kappa shape index (κ1) is 14.6. The summed E-state index contributed by atoms with van der Waals surface area (Å²) in [6.07, 6.45) is 0.0404. The van der Waals surface area contributed by atoms with Crippen molar-refractivity contribution in [2.75, 3.05) is 4.90 Å². The highest BCUT2D eigenvalue weighted by Gasteiger charge is 2.39. The number of carbonyl (C=O) groups excluding carboxylic acids is 2. The zero-order valence-corrected chi connectivity index (χ0v) is 11.9. The third-order valence-electron chi connectivity index (χ3n) is 3.08. The third-order valence-corrected chi connectivity index (χ3v) is 3.08. The summed E-state index contributed by atoms with van der Waals surface area (Å²) in [4.78, 5) is 24.7. The summed E-state index contributed by atoms with van der Waals surface area (Å²) in [6, 6.07) is 4.20. The smallest absolute Gasteiger partial charge is 0.251 e. The number of carbonyl (C=O) groups is 2. The molecule has 0 unspecified atom stereocenters. The minimum atomic E-state index is -0.755. The predicted molar refractivity (Wildman–Crippen MR) is 74.1 cm³/mol. The van der Waals surface area contributed by atoms with Crippen LogP contribution in [0.15, 0.2) is 18.2 Å². The van der Waals surface area contributed by atoms with Crippen LogP contribution in [-0.2, 0) is 9.59 Å². The highest BCUT2D eigenvalue weighted by molar-refractivity contribution is 6.22. The summed E-state index contributed by atoms with van der Waals surface area (Å²) >= 11 is 0. The van der Waals surface area contributed by atoms with Crippen LogP contribution in [0.4, 0.5) is 5.69 Å². The third kappa shape index (κ3) is 2.21. The van der Waals surface area contributed by atoms with Crippen molar-refractivity contribution in [3.05, 3.63) is 18.2 Å². The standard InChI is InChI=1S/C13H14N2O4.ClH/c1-13(2)18-9-4-3-7(5-10(9)19-13)15-11(16)6-8(14)12(15)17;/h3-5,8H,6,14H2,1-2H3;1H/t8-;/m1./s1. The SMILES string of the molecule is CC1(C)Oc2ccc(N3C(=O)C[C@@H](N)C3=O)cc2O1.Cl. The molecule has 108 valence electrons. The molecule has 1 aromatic rings. The van der Waals surface area contributed by atoms with E-state index in [1.54, 1.807) is 32.0 Å². The summed E-state index contributed by atoms with van der Waals surface area (Å²) in [5.74, 6) is -0.310. The Morgan fingerprint density at radius 2 is 1.90 bits per heavy atom. The molecule has 1 fully saturated rings. The van der Waals surface area contributed by atoms with Crippen molar-refractivity contribution < 1.29 is 19.1 Å². The summed E-state index contributed by atoms with van der Waals surface area (Å²) in [5.41, 5.74) is 6.05. The van der Waals surface area contributed by atoms with Crippen molar-refractivity contribution in [1.29, 1.82) is 0 Å². The monoisotopic (exact) mass is 298 g/mol. The average molecular weight is 299 g/mol. The molecule has 1 aromatic carbocycles. The normalized spacial score (nSPS) is 22.9. The molecule has 1 saturated heterocycles. The first-order valence-corrected chi connectivity index (χ1v) is 6.02. The fraction of sp³-hybridized carbons (Fsp3) is 0.385. The first-order chi connectivity index (χ1) is 8.87. The van der Waals surface area contributed by atoms with Gasteiger partial charge in [-0.05, 0) is 12.1 Å². The van der Waals surface area contributed by atoms with Gasteiger partial charge in [0.05, 0.1) is 18.2 Å². The van der Waals surface area contributed by atoms with E-state index in [1.165, 1.54) is 0 Å². The number of rotatable bonds is 1. The van der Waals surface area contributed by atoms with Crippen LogP contribution in [0.2, 0.25) is 0 Å². The number of amides is 2. The maximum atomic E-state index is 11.9. The maximum absolute atomic E-state index is 11.9. The Hall–Kier alpha value is -1.79. The Morgan fingerprint density at radius 1 is 1.25 bits per heavy atom. The minimum Gasteiger partial charge on any atom is -0.449 e. The van der Waals surface area contributed by atoms with Crippen molar-refractivity contribution in [1.82, 2.24) is 0 Å². The number of benzene rings is 1. The molecular weight excluding hydrogens is 284 g/mol. The molecule has 7 heteroatoms. The lowest BCUT2D eigenvalue weighted by Crippen LogP contribution is -2.35. The lowest BCUT2D eigenvalue weighted by Gasteiger charge is -2.16. The molecule has 2 N–H and O–H groups in total. The second kappa shape index (κ2) is 4.64. The largest absolute Gasteiger partial charge is 0.449 e. The molecule has 0 spiro atoms. The van der Waals surface area contributed by atoms with Crippen LogP contribution in [0.5, 0.6) is 11.5 Å². The second-order valence-corrected chi connectivity index (χ2v) is 5.11. The van der Waals surface area contributed by atoms with Crippen molar-refractivity contribution in [2.45, 2.75) is 32.1 Å². The Morgan fingerprint density at radius 3 is 2.50 bits per heavy atom. The van der Waals surface area contributed by atoms with Crippen LogP contribution in [-0.4, -0.2) is 23.6 Å². The number of ether oxygens (including phenoxy) is 2. The van der Waals surface area contributed by atoms with Crippen LogP contribution < -0.4 is 20.1 Å². The number of hydrogen-bond donors (Lipinski definition) is 1. The Balaban J connectivity index is 0.00000147. The highest BCUT2D eigenvalue weighted by atomic mass is 35.5. The van der Waals surface area contributed by atoms with Gasteiger partial charge in [0.2, 0.25) is 11.7 Å². The van der Waals surface area contributed by atoms with E-state index in [-0.39, 0.29) is 30.6 Å². The van der Waals surface area contributed by atoms with E-state index < -0.39 is 11.8 Å². The summed E-state index contributed by atoms with van der Waals surface area (Å²) in [7, 11) is 0. The lowest BCUT2D eigenvalue weighted by molar-refractivity contribution is -0.121. The van der Waals surface area contributed by atoms with Gasteiger partial charge in [-0.3, -0.25) is 9.59 Å². The zero-order valence-electron chi connectivity index (χ0n) is 11.1. The topological polar surface area (TPSA) is 81.9 Å². The van der Waals surface area contributed by atoms with Crippen molar-refractivity contribution in [2.24, 2.45) is 5.73 Å². The quantitative estimate of drug-likeness (QED) is 0.788. The van der Waals surface area contributed by atoms with Crippen LogP contribution in [0.1, 0.15) is 20.3 Å². The molecule has 2 heterocycles. The van der Waals surface area contributed by atoms with Crippen LogP contribution >= 0.6 is 12.4 Å². The Kier molecular flexibility index (Phi) is 3.39. The maximum Gasteiger partial charge on any atom is 0.251 e. The van der Waals surface area contributed by atoms with Gasteiger partial charge in [0, 0.05) is 19.9 Å². The molecule has 0 saturated carbocycles. The molecule has 2 aliphatic heterocycles. The Labute approximate surface area is 122 Å². The molecule has 0 aliphatic carbocycles. The molecular formula is C13H15ClN2O4. The second-order valence-electron chi connectivity index (χ2n) is 5.11. The van der Waals surface area contributed by atoms with Crippen LogP contribution in [0.3, 0.4) is 0 Å². The predicted octanol–water partition coefficient (Wildman–Crippen LogP) is 1.21. The van der Waals surface area contributed by atoms with Crippen LogP contribution in [0, 0.1) is 0 Å². The van der Waals surface area contributed by atoms with E-state index in [1.807, 2.05) is 0 Å². The van der Waals surface area contributed by atoms with E-state index >= 15 is 0 Å². The van der Waals surface area contributed by atoms with E-state index in [0.717, 1.165) is 4.90 Å². The minimum absolute atomic E-state index is 0. The van der Waals surface area contributed by atoms with Gasteiger partial charge in [0.1, 0.15) is 0 Å². The van der Waals surface area contributed by atoms with Gasteiger partial charge in [0.25, 0.3) is 5.91 Å². The molecule has 2 aliphatic rings. The van der Waals surface area contributed by atoms with E-state index in [2.05, 4.69) is 0 Å². The number of anilines is 1. The van der Waals surface area contributed by atoms with Gasteiger partial charge in [0.15, 0.2) is 11.5 Å². The van der Waals surface area contributed by atoms with Crippen molar-refractivity contribution >= 4 is 29.9 Å². The number of fused-ring (bicyclic) bond motifs is 1. The van der Waals surface area contributed by atoms with E-state index in [4.69, 9.17) is 15.2 Å². The number of nitrogens with zero attached hydrogens (tertiary/aromatic N) is 1. The number of halogens is 1. The van der Waals surface area contributed by atoms with Gasteiger partial charge in [-0.15, -0.1) is 12.4 Å². The average Bonchev–Trinajstić information content (AvgIpc) is 2.74. The van der Waals surface area contributed by atoms with E-state index in [0.29, 0.717) is 17.2 Å². The van der Waals surface area contributed by atoms with Gasteiger partial charge in [-0.2, -0.15) is 0 Å². The Bertz CT molecular complexity index is 588. The summed E-state index contributed by atoms with van der Waals surface area (Å²) < 4.78 is 11.1. The number of hydrogen-bond acceptors (Lipinski definition) is 5. The van der Waals surface area contributed by atoms with Crippen molar-refractivity contribution in [3.8, 4) is 11.5 Å². The molecule has 20 heavy (non-hydrogen) atoms. The molecule has 0 aromatic heterocycles. The number of nitrogens with two attached hydrogens (primary N) is 1. The molecule has 0 radical (unpaired) electrons. The fourth-order valence-corrected chi connectivity index (χ4v) is 2.28. The van der Waals surface area contributed by atoms with Gasteiger partial charge >= 0.3 is 0 Å². The molecule has 2 amide bonds. The molecule has 0 bridgehead atoms. The van der Waals surface area contributed by atoms with E-state index in [9.17, 15) is 9.59 Å². The van der Waals surface area contributed by atoms with Gasteiger partial charge < -0.3 is 15.2 Å². The zero-order chi connectivity index (χ0) is 13.8.